The number of carbonyl (C=O) groups excluding carboxylic acids is 2. The molecule has 2 amide bonds. The molecule has 0 unspecified atom stereocenters. The standard InChI is InChI=1S/C7H11N2O3/c1-6(10)8-2-4-9(5-3-8)7(11)12/h2-5H2,1H3. The Morgan fingerprint density at radius 1 is 1.00 bits per heavy atom. The van der Waals surface area contributed by atoms with E-state index in [1.54, 1.807) is 4.90 Å². The number of piperazine rings is 1. The van der Waals surface area contributed by atoms with Gasteiger partial charge >= 0.3 is 6.09 Å². The topological polar surface area (TPSA) is 60.5 Å². The highest BCUT2D eigenvalue weighted by Gasteiger charge is 2.22. The Morgan fingerprint density at radius 3 is 1.75 bits per heavy atom. The van der Waals surface area contributed by atoms with E-state index in [0.717, 1.165) is 0 Å². The monoisotopic (exact) mass is 171 g/mol. The quantitative estimate of drug-likeness (QED) is 0.502. The largest absolute Gasteiger partial charge is 0.453 e. The molecule has 0 N–H and O–H groups in total. The zero-order valence-electron chi connectivity index (χ0n) is 6.95. The summed E-state index contributed by atoms with van der Waals surface area (Å²) in [6.07, 6.45) is -1.15. The minimum atomic E-state index is -1.15. The number of rotatable bonds is 0. The highest BCUT2D eigenvalue weighted by molar-refractivity contribution is 5.73. The SMILES string of the molecule is CC(=O)N1CCN(C([O])=O)CC1. The number of hydrogen-bond donors (Lipinski definition) is 0. The van der Waals surface area contributed by atoms with Gasteiger partial charge in [-0.15, -0.1) is 0 Å². The molecule has 1 aliphatic heterocycles. The lowest BCUT2D eigenvalue weighted by atomic mass is 10.3. The molecule has 0 aromatic rings. The zero-order valence-corrected chi connectivity index (χ0v) is 6.95. The normalized spacial score (nSPS) is 17.8. The highest BCUT2D eigenvalue weighted by atomic mass is 16.4. The second-order valence-corrected chi connectivity index (χ2v) is 2.76. The molecule has 5 heteroatoms. The molecule has 0 aromatic carbocycles. The van der Waals surface area contributed by atoms with Gasteiger partial charge in [0, 0.05) is 33.1 Å². The van der Waals surface area contributed by atoms with Crippen LogP contribution in [0, 0.1) is 0 Å². The first-order valence-electron chi connectivity index (χ1n) is 3.82. The predicted octanol–water partition coefficient (Wildman–Crippen LogP) is -0.299. The van der Waals surface area contributed by atoms with Crippen molar-refractivity contribution in [2.24, 2.45) is 0 Å². The molecule has 1 saturated heterocycles. The fourth-order valence-corrected chi connectivity index (χ4v) is 1.20. The Labute approximate surface area is 70.6 Å². The molecular formula is C7H11N2O3. The van der Waals surface area contributed by atoms with Crippen molar-refractivity contribution < 1.29 is 14.7 Å². The fraction of sp³-hybridized carbons (Fsp3) is 0.714. The number of amides is 2. The van der Waals surface area contributed by atoms with Gasteiger partial charge in [0.2, 0.25) is 5.91 Å². The smallest absolute Gasteiger partial charge is 0.339 e. The molecule has 67 valence electrons. The first-order chi connectivity index (χ1) is 5.61. The van der Waals surface area contributed by atoms with Crippen LogP contribution in [0.15, 0.2) is 0 Å². The molecule has 0 atom stereocenters. The molecule has 0 spiro atoms. The van der Waals surface area contributed by atoms with E-state index in [4.69, 9.17) is 0 Å². The Bertz CT molecular complexity index is 175. The van der Waals surface area contributed by atoms with Gasteiger partial charge in [0.1, 0.15) is 0 Å². The minimum Gasteiger partial charge on any atom is -0.339 e. The predicted molar refractivity (Wildman–Crippen MR) is 39.9 cm³/mol. The molecule has 1 radical (unpaired) electrons. The van der Waals surface area contributed by atoms with Crippen molar-refractivity contribution in [2.45, 2.75) is 6.92 Å². The summed E-state index contributed by atoms with van der Waals surface area (Å²) in [4.78, 5) is 24.0. The van der Waals surface area contributed by atoms with Gasteiger partial charge in [-0.1, -0.05) is 0 Å². The second kappa shape index (κ2) is 3.42. The molecular weight excluding hydrogens is 160 g/mol. The maximum absolute atomic E-state index is 10.8. The van der Waals surface area contributed by atoms with Crippen LogP contribution in [0.5, 0.6) is 0 Å². The first-order valence-corrected chi connectivity index (χ1v) is 3.82. The molecule has 0 aromatic heterocycles. The van der Waals surface area contributed by atoms with Crippen LogP contribution < -0.4 is 0 Å². The molecule has 1 fully saturated rings. The van der Waals surface area contributed by atoms with Gasteiger partial charge in [-0.2, -0.15) is 0 Å². The molecule has 0 saturated carbocycles. The van der Waals surface area contributed by atoms with Gasteiger partial charge in [0.25, 0.3) is 0 Å². The third kappa shape index (κ3) is 1.87. The van der Waals surface area contributed by atoms with Gasteiger partial charge in [-0.3, -0.25) is 4.79 Å². The lowest BCUT2D eigenvalue weighted by Gasteiger charge is -2.31. The molecule has 0 aliphatic carbocycles. The maximum atomic E-state index is 10.8. The first kappa shape index (κ1) is 8.83. The van der Waals surface area contributed by atoms with Gasteiger partial charge in [-0.05, 0) is 0 Å². The van der Waals surface area contributed by atoms with E-state index in [-0.39, 0.29) is 5.91 Å². The third-order valence-electron chi connectivity index (χ3n) is 1.98. The van der Waals surface area contributed by atoms with Crippen molar-refractivity contribution in [3.05, 3.63) is 0 Å². The molecule has 1 rings (SSSR count). The molecule has 5 nitrogen and oxygen atoms in total. The lowest BCUT2D eigenvalue weighted by molar-refractivity contribution is -0.130. The van der Waals surface area contributed by atoms with E-state index in [1.807, 2.05) is 0 Å². The van der Waals surface area contributed by atoms with Crippen molar-refractivity contribution in [1.29, 1.82) is 0 Å². The lowest BCUT2D eigenvalue weighted by Crippen LogP contribution is -2.49. The molecule has 1 aliphatic rings. The maximum Gasteiger partial charge on any atom is 0.453 e. The van der Waals surface area contributed by atoms with E-state index >= 15 is 0 Å². The van der Waals surface area contributed by atoms with E-state index in [1.165, 1.54) is 11.8 Å². The van der Waals surface area contributed by atoms with Crippen LogP contribution in [0.2, 0.25) is 0 Å². The average Bonchev–Trinajstić information content (AvgIpc) is 2.04. The van der Waals surface area contributed by atoms with Crippen molar-refractivity contribution in [2.75, 3.05) is 26.2 Å². The zero-order chi connectivity index (χ0) is 9.14. The van der Waals surface area contributed by atoms with Crippen molar-refractivity contribution >= 4 is 12.0 Å². The van der Waals surface area contributed by atoms with Crippen LogP contribution in [-0.2, 0) is 9.90 Å². The second-order valence-electron chi connectivity index (χ2n) is 2.76. The Hall–Kier alpha value is -1.26. The summed E-state index contributed by atoms with van der Waals surface area (Å²) in [5.74, 6) is -0.00648. The number of carbonyl (C=O) groups is 2. The van der Waals surface area contributed by atoms with E-state index < -0.39 is 6.09 Å². The van der Waals surface area contributed by atoms with Gasteiger partial charge in [-0.25, -0.2) is 9.90 Å². The Morgan fingerprint density at radius 2 is 1.42 bits per heavy atom. The van der Waals surface area contributed by atoms with Gasteiger partial charge in [0.15, 0.2) is 0 Å². The van der Waals surface area contributed by atoms with Crippen LogP contribution in [0.1, 0.15) is 6.92 Å². The summed E-state index contributed by atoms with van der Waals surface area (Å²) >= 11 is 0. The summed E-state index contributed by atoms with van der Waals surface area (Å²) < 4.78 is 0. The average molecular weight is 171 g/mol. The van der Waals surface area contributed by atoms with Crippen LogP contribution in [0.4, 0.5) is 4.79 Å². The summed E-state index contributed by atoms with van der Waals surface area (Å²) in [6.45, 7) is 3.16. The van der Waals surface area contributed by atoms with Gasteiger partial charge in [0.05, 0.1) is 0 Å². The van der Waals surface area contributed by atoms with E-state index in [2.05, 4.69) is 0 Å². The molecule has 1 heterocycles. The van der Waals surface area contributed by atoms with Crippen LogP contribution >= 0.6 is 0 Å². The summed E-state index contributed by atoms with van der Waals surface area (Å²) in [6, 6.07) is 0. The van der Waals surface area contributed by atoms with Crippen molar-refractivity contribution in [1.82, 2.24) is 9.80 Å². The van der Waals surface area contributed by atoms with E-state index in [9.17, 15) is 14.7 Å². The fourth-order valence-electron chi connectivity index (χ4n) is 1.20. The third-order valence-corrected chi connectivity index (χ3v) is 1.98. The van der Waals surface area contributed by atoms with Crippen LogP contribution in [0.25, 0.3) is 0 Å². The van der Waals surface area contributed by atoms with Crippen LogP contribution in [-0.4, -0.2) is 48.0 Å². The van der Waals surface area contributed by atoms with Gasteiger partial charge < -0.3 is 9.80 Å². The van der Waals surface area contributed by atoms with Crippen molar-refractivity contribution in [3.63, 3.8) is 0 Å². The van der Waals surface area contributed by atoms with Crippen LogP contribution in [0.3, 0.4) is 0 Å². The highest BCUT2D eigenvalue weighted by Crippen LogP contribution is 2.01. The minimum absolute atomic E-state index is 0.00648. The molecule has 0 bridgehead atoms. The van der Waals surface area contributed by atoms with E-state index in [0.29, 0.717) is 26.2 Å². The molecule has 12 heavy (non-hydrogen) atoms. The Balaban J connectivity index is 2.39. The van der Waals surface area contributed by atoms with Crippen molar-refractivity contribution in [3.8, 4) is 0 Å². The number of hydrogen-bond acceptors (Lipinski definition) is 2. The summed E-state index contributed by atoms with van der Waals surface area (Å²) in [5, 5.41) is 10.3. The Kier molecular flexibility index (Phi) is 2.52. The summed E-state index contributed by atoms with van der Waals surface area (Å²) in [5.41, 5.74) is 0. The summed E-state index contributed by atoms with van der Waals surface area (Å²) in [7, 11) is 0. The number of nitrogens with zero attached hydrogens (tertiary/aromatic N) is 2.